The van der Waals surface area contributed by atoms with Crippen molar-refractivity contribution < 1.29 is 9.59 Å². The van der Waals surface area contributed by atoms with Gasteiger partial charge in [-0.15, -0.1) is 0 Å². The molecule has 1 heterocycles. The molecule has 1 aromatic carbocycles. The molecule has 0 unspecified atom stereocenters. The van der Waals surface area contributed by atoms with Crippen LogP contribution in [0.25, 0.3) is 0 Å². The number of nitrogens with zero attached hydrogens (tertiary/aromatic N) is 2. The molecular formula is C20H25N3O2. The molecule has 2 rings (SSSR count). The molecule has 132 valence electrons. The third kappa shape index (κ3) is 5.41. The van der Waals surface area contributed by atoms with Crippen LogP contribution >= 0.6 is 0 Å². The summed E-state index contributed by atoms with van der Waals surface area (Å²) in [5.74, 6) is -0.370. The second kappa shape index (κ2) is 7.92. The van der Waals surface area contributed by atoms with Crippen LogP contribution in [0.3, 0.4) is 0 Å². The molecule has 0 saturated carbocycles. The maximum Gasteiger partial charge on any atom is 0.255 e. The fourth-order valence-electron chi connectivity index (χ4n) is 2.41. The molecular weight excluding hydrogens is 314 g/mol. The largest absolute Gasteiger partial charge is 0.347 e. The minimum absolute atomic E-state index is 0.135. The number of carbonyl (C=O) groups excluding carboxylic acids is 2. The number of benzene rings is 1. The number of rotatable bonds is 5. The van der Waals surface area contributed by atoms with Gasteiger partial charge in [-0.3, -0.25) is 14.6 Å². The van der Waals surface area contributed by atoms with Crippen molar-refractivity contribution >= 4 is 11.8 Å². The molecule has 0 atom stereocenters. The molecule has 1 N–H and O–H groups in total. The van der Waals surface area contributed by atoms with Gasteiger partial charge in [0.1, 0.15) is 0 Å². The Bertz CT molecular complexity index is 736. The highest BCUT2D eigenvalue weighted by Gasteiger charge is 2.19. The van der Waals surface area contributed by atoms with E-state index in [1.807, 2.05) is 58.0 Å². The Morgan fingerprint density at radius 2 is 1.72 bits per heavy atom. The zero-order chi connectivity index (χ0) is 18.4. The van der Waals surface area contributed by atoms with E-state index in [1.54, 1.807) is 11.0 Å². The molecule has 2 aromatic rings. The average Bonchev–Trinajstić information content (AvgIpc) is 2.58. The van der Waals surface area contributed by atoms with Gasteiger partial charge in [-0.25, -0.2) is 0 Å². The third-order valence-corrected chi connectivity index (χ3v) is 3.62. The molecule has 0 aliphatic rings. The average molecular weight is 339 g/mol. The summed E-state index contributed by atoms with van der Waals surface area (Å²) >= 11 is 0. The van der Waals surface area contributed by atoms with Crippen molar-refractivity contribution in [3.05, 3.63) is 65.5 Å². The van der Waals surface area contributed by atoms with E-state index in [0.29, 0.717) is 24.2 Å². The Morgan fingerprint density at radius 1 is 1.08 bits per heavy atom. The molecule has 0 aliphatic heterocycles. The summed E-state index contributed by atoms with van der Waals surface area (Å²) < 4.78 is 0. The third-order valence-electron chi connectivity index (χ3n) is 3.62. The van der Waals surface area contributed by atoms with E-state index in [0.717, 1.165) is 5.56 Å². The van der Waals surface area contributed by atoms with Gasteiger partial charge in [-0.05, 0) is 39.3 Å². The van der Waals surface area contributed by atoms with Crippen LogP contribution in [0.4, 0.5) is 0 Å². The fraction of sp³-hybridized carbons (Fsp3) is 0.350. The van der Waals surface area contributed by atoms with Crippen molar-refractivity contribution in [2.24, 2.45) is 0 Å². The Kier molecular flexibility index (Phi) is 5.91. The van der Waals surface area contributed by atoms with Crippen LogP contribution in [-0.4, -0.2) is 33.8 Å². The maximum absolute atomic E-state index is 12.8. The summed E-state index contributed by atoms with van der Waals surface area (Å²) in [6, 6.07) is 11.4. The molecule has 0 saturated heterocycles. The van der Waals surface area contributed by atoms with Crippen molar-refractivity contribution in [2.75, 3.05) is 6.54 Å². The Hall–Kier alpha value is -2.69. The quantitative estimate of drug-likeness (QED) is 0.909. The standard InChI is InChI=1S/C20H25N3O2/c1-5-23(14-15-9-7-6-8-10-15)19(25)17-11-16(12-21-13-17)18(24)22-20(2,3)4/h6-13H,5,14H2,1-4H3,(H,22,24). The van der Waals surface area contributed by atoms with Gasteiger partial charge in [0.2, 0.25) is 0 Å². The Morgan fingerprint density at radius 3 is 2.32 bits per heavy atom. The topological polar surface area (TPSA) is 62.3 Å². The zero-order valence-corrected chi connectivity index (χ0v) is 15.2. The van der Waals surface area contributed by atoms with E-state index in [2.05, 4.69) is 10.3 Å². The summed E-state index contributed by atoms with van der Waals surface area (Å²) in [4.78, 5) is 30.9. The highest BCUT2D eigenvalue weighted by Crippen LogP contribution is 2.12. The molecule has 1 aromatic heterocycles. The first kappa shape index (κ1) is 18.6. The number of hydrogen-bond donors (Lipinski definition) is 1. The molecule has 2 amide bonds. The van der Waals surface area contributed by atoms with Crippen molar-refractivity contribution in [3.8, 4) is 0 Å². The highest BCUT2D eigenvalue weighted by molar-refractivity contribution is 5.99. The molecule has 5 heteroatoms. The van der Waals surface area contributed by atoms with Gasteiger partial charge in [0, 0.05) is 31.0 Å². The summed E-state index contributed by atoms with van der Waals surface area (Å²) in [6.07, 6.45) is 2.98. The second-order valence-corrected chi connectivity index (χ2v) is 6.97. The van der Waals surface area contributed by atoms with Gasteiger partial charge >= 0.3 is 0 Å². The SMILES string of the molecule is CCN(Cc1ccccc1)C(=O)c1cncc(C(=O)NC(C)(C)C)c1. The van der Waals surface area contributed by atoms with Crippen molar-refractivity contribution in [1.82, 2.24) is 15.2 Å². The van der Waals surface area contributed by atoms with Crippen LogP contribution in [0.15, 0.2) is 48.8 Å². The van der Waals surface area contributed by atoms with Gasteiger partial charge in [0.05, 0.1) is 11.1 Å². The number of aromatic nitrogens is 1. The predicted octanol–water partition coefficient (Wildman–Crippen LogP) is 3.27. The van der Waals surface area contributed by atoms with Gasteiger partial charge in [-0.2, -0.15) is 0 Å². The number of nitrogens with one attached hydrogen (secondary N) is 1. The smallest absolute Gasteiger partial charge is 0.255 e. The summed E-state index contributed by atoms with van der Waals surface area (Å²) in [5, 5.41) is 2.88. The van der Waals surface area contributed by atoms with E-state index in [1.165, 1.54) is 12.4 Å². The molecule has 0 bridgehead atoms. The van der Waals surface area contributed by atoms with E-state index in [4.69, 9.17) is 0 Å². The van der Waals surface area contributed by atoms with E-state index in [-0.39, 0.29) is 17.4 Å². The first-order valence-corrected chi connectivity index (χ1v) is 8.41. The van der Waals surface area contributed by atoms with E-state index >= 15 is 0 Å². The number of carbonyl (C=O) groups is 2. The number of amides is 2. The van der Waals surface area contributed by atoms with Crippen molar-refractivity contribution in [2.45, 2.75) is 39.8 Å². The van der Waals surface area contributed by atoms with Crippen molar-refractivity contribution in [1.29, 1.82) is 0 Å². The zero-order valence-electron chi connectivity index (χ0n) is 15.2. The number of pyridine rings is 1. The molecule has 0 radical (unpaired) electrons. The maximum atomic E-state index is 12.8. The summed E-state index contributed by atoms with van der Waals surface area (Å²) in [5.41, 5.74) is 1.52. The van der Waals surface area contributed by atoms with Crippen LogP contribution < -0.4 is 5.32 Å². The van der Waals surface area contributed by atoms with Gasteiger partial charge in [0.15, 0.2) is 0 Å². The lowest BCUT2D eigenvalue weighted by Crippen LogP contribution is -2.40. The van der Waals surface area contributed by atoms with Crippen LogP contribution in [-0.2, 0) is 6.54 Å². The highest BCUT2D eigenvalue weighted by atomic mass is 16.2. The van der Waals surface area contributed by atoms with E-state index in [9.17, 15) is 9.59 Å². The summed E-state index contributed by atoms with van der Waals surface area (Å²) in [7, 11) is 0. The first-order chi connectivity index (χ1) is 11.8. The van der Waals surface area contributed by atoms with Gasteiger partial charge in [-0.1, -0.05) is 30.3 Å². The summed E-state index contributed by atoms with van der Waals surface area (Å²) in [6.45, 7) is 8.76. The van der Waals surface area contributed by atoms with Crippen molar-refractivity contribution in [3.63, 3.8) is 0 Å². The first-order valence-electron chi connectivity index (χ1n) is 8.41. The van der Waals surface area contributed by atoms with Gasteiger partial charge in [0.25, 0.3) is 11.8 Å². The van der Waals surface area contributed by atoms with Crippen LogP contribution in [0.2, 0.25) is 0 Å². The van der Waals surface area contributed by atoms with Crippen LogP contribution in [0.1, 0.15) is 54.0 Å². The Labute approximate surface area is 149 Å². The van der Waals surface area contributed by atoms with Crippen LogP contribution in [0.5, 0.6) is 0 Å². The molecule has 25 heavy (non-hydrogen) atoms. The second-order valence-electron chi connectivity index (χ2n) is 6.97. The normalized spacial score (nSPS) is 11.0. The molecule has 5 nitrogen and oxygen atoms in total. The minimum atomic E-state index is -0.347. The lowest BCUT2D eigenvalue weighted by molar-refractivity contribution is 0.0752. The van der Waals surface area contributed by atoms with Gasteiger partial charge < -0.3 is 10.2 Å². The lowest BCUT2D eigenvalue weighted by Gasteiger charge is -2.22. The molecule has 0 spiro atoms. The number of hydrogen-bond acceptors (Lipinski definition) is 3. The molecule has 0 aliphatic carbocycles. The fourth-order valence-corrected chi connectivity index (χ4v) is 2.41. The van der Waals surface area contributed by atoms with Crippen LogP contribution in [0, 0.1) is 0 Å². The predicted molar refractivity (Wildman–Crippen MR) is 98.3 cm³/mol. The lowest BCUT2D eigenvalue weighted by atomic mass is 10.1. The minimum Gasteiger partial charge on any atom is -0.347 e. The van der Waals surface area contributed by atoms with E-state index < -0.39 is 0 Å². The Balaban J connectivity index is 2.17. The molecule has 0 fully saturated rings. The monoisotopic (exact) mass is 339 g/mol.